The third-order valence-electron chi connectivity index (χ3n) is 4.31. The fourth-order valence-corrected chi connectivity index (χ4v) is 3.24. The van der Waals surface area contributed by atoms with Crippen molar-refractivity contribution in [2.24, 2.45) is 0 Å². The molecule has 100 valence electrons. The fraction of sp³-hybridized carbons (Fsp3) is 0.471. The molecule has 1 saturated heterocycles. The summed E-state index contributed by atoms with van der Waals surface area (Å²) in [5, 5.41) is 1.25. The van der Waals surface area contributed by atoms with Crippen LogP contribution in [0, 0.1) is 0 Å². The summed E-state index contributed by atoms with van der Waals surface area (Å²) in [6, 6.07) is 11.5. The summed E-state index contributed by atoms with van der Waals surface area (Å²) >= 11 is 0. The van der Waals surface area contributed by atoms with Gasteiger partial charge in [-0.25, -0.2) is 0 Å². The SMILES string of the molecule is CCC1CCCCN1Cc1cccc2cccnc12. The molecule has 0 bridgehead atoms. The Morgan fingerprint density at radius 1 is 1.21 bits per heavy atom. The zero-order valence-electron chi connectivity index (χ0n) is 11.7. The van der Waals surface area contributed by atoms with Gasteiger partial charge in [-0.05, 0) is 37.4 Å². The Morgan fingerprint density at radius 3 is 3.00 bits per heavy atom. The summed E-state index contributed by atoms with van der Waals surface area (Å²) in [7, 11) is 0. The molecule has 2 heterocycles. The first kappa shape index (κ1) is 12.6. The van der Waals surface area contributed by atoms with Crippen molar-refractivity contribution >= 4 is 10.9 Å². The zero-order valence-corrected chi connectivity index (χ0v) is 11.7. The third kappa shape index (κ3) is 2.64. The number of likely N-dealkylation sites (tertiary alicyclic amines) is 1. The molecule has 1 fully saturated rings. The van der Waals surface area contributed by atoms with Crippen molar-refractivity contribution in [3.05, 3.63) is 42.1 Å². The van der Waals surface area contributed by atoms with E-state index in [-0.39, 0.29) is 0 Å². The summed E-state index contributed by atoms with van der Waals surface area (Å²) in [6.07, 6.45) is 7.25. The summed E-state index contributed by atoms with van der Waals surface area (Å²) in [4.78, 5) is 7.22. The van der Waals surface area contributed by atoms with Gasteiger partial charge >= 0.3 is 0 Å². The number of hydrogen-bond acceptors (Lipinski definition) is 2. The van der Waals surface area contributed by atoms with E-state index in [4.69, 9.17) is 0 Å². The topological polar surface area (TPSA) is 16.1 Å². The number of benzene rings is 1. The van der Waals surface area contributed by atoms with Gasteiger partial charge in [-0.2, -0.15) is 0 Å². The molecule has 1 unspecified atom stereocenters. The maximum atomic E-state index is 4.57. The molecule has 0 radical (unpaired) electrons. The van der Waals surface area contributed by atoms with Gasteiger partial charge in [-0.3, -0.25) is 9.88 Å². The number of hydrogen-bond donors (Lipinski definition) is 0. The van der Waals surface area contributed by atoms with E-state index in [1.807, 2.05) is 12.3 Å². The average molecular weight is 254 g/mol. The van der Waals surface area contributed by atoms with Crippen molar-refractivity contribution in [1.29, 1.82) is 0 Å². The lowest BCUT2D eigenvalue weighted by atomic mass is 9.98. The van der Waals surface area contributed by atoms with Gasteiger partial charge in [0.1, 0.15) is 0 Å². The van der Waals surface area contributed by atoms with Gasteiger partial charge in [0.05, 0.1) is 5.52 Å². The van der Waals surface area contributed by atoms with E-state index in [1.165, 1.54) is 48.7 Å². The van der Waals surface area contributed by atoms with Crippen molar-refractivity contribution in [3.8, 4) is 0 Å². The van der Waals surface area contributed by atoms with Gasteiger partial charge in [0.25, 0.3) is 0 Å². The second-order valence-electron chi connectivity index (χ2n) is 5.52. The minimum absolute atomic E-state index is 0.757. The van der Waals surface area contributed by atoms with Crippen LogP contribution in [0.1, 0.15) is 38.2 Å². The van der Waals surface area contributed by atoms with Crippen LogP contribution in [0.4, 0.5) is 0 Å². The first-order chi connectivity index (χ1) is 9.38. The Bertz CT molecular complexity index is 544. The lowest BCUT2D eigenvalue weighted by Gasteiger charge is -2.35. The number of rotatable bonds is 3. The molecule has 0 amide bonds. The molecule has 2 heteroatoms. The Hall–Kier alpha value is -1.41. The molecule has 3 rings (SSSR count). The molecule has 0 saturated carbocycles. The van der Waals surface area contributed by atoms with Crippen molar-refractivity contribution < 1.29 is 0 Å². The maximum absolute atomic E-state index is 4.57. The van der Waals surface area contributed by atoms with Gasteiger partial charge in [-0.1, -0.05) is 37.6 Å². The number of pyridine rings is 1. The Balaban J connectivity index is 1.88. The van der Waals surface area contributed by atoms with Crippen LogP contribution >= 0.6 is 0 Å². The van der Waals surface area contributed by atoms with E-state index in [0.29, 0.717) is 0 Å². The van der Waals surface area contributed by atoms with Gasteiger partial charge in [0.2, 0.25) is 0 Å². The molecule has 2 nitrogen and oxygen atoms in total. The number of fused-ring (bicyclic) bond motifs is 1. The average Bonchev–Trinajstić information content (AvgIpc) is 2.48. The molecule has 1 aliphatic heterocycles. The minimum Gasteiger partial charge on any atom is -0.296 e. The Kier molecular flexibility index (Phi) is 3.79. The van der Waals surface area contributed by atoms with Crippen molar-refractivity contribution in [1.82, 2.24) is 9.88 Å². The van der Waals surface area contributed by atoms with Crippen molar-refractivity contribution in [3.63, 3.8) is 0 Å². The van der Waals surface area contributed by atoms with Crippen LogP contribution in [-0.4, -0.2) is 22.5 Å². The van der Waals surface area contributed by atoms with Crippen molar-refractivity contribution in [2.75, 3.05) is 6.54 Å². The molecule has 0 N–H and O–H groups in total. The van der Waals surface area contributed by atoms with Crippen LogP contribution in [0.25, 0.3) is 10.9 Å². The first-order valence-electron chi connectivity index (χ1n) is 7.45. The maximum Gasteiger partial charge on any atom is 0.0746 e. The quantitative estimate of drug-likeness (QED) is 0.823. The Morgan fingerprint density at radius 2 is 2.11 bits per heavy atom. The zero-order chi connectivity index (χ0) is 13.1. The van der Waals surface area contributed by atoms with Crippen LogP contribution in [0.2, 0.25) is 0 Å². The van der Waals surface area contributed by atoms with Gasteiger partial charge in [0.15, 0.2) is 0 Å². The second-order valence-corrected chi connectivity index (χ2v) is 5.52. The van der Waals surface area contributed by atoms with E-state index < -0.39 is 0 Å². The summed E-state index contributed by atoms with van der Waals surface area (Å²) in [5.74, 6) is 0. The molecule has 19 heavy (non-hydrogen) atoms. The van der Waals surface area contributed by atoms with Gasteiger partial charge in [-0.15, -0.1) is 0 Å². The van der Waals surface area contributed by atoms with E-state index in [2.05, 4.69) is 41.1 Å². The highest BCUT2D eigenvalue weighted by atomic mass is 15.2. The predicted octanol–water partition coefficient (Wildman–Crippen LogP) is 4.00. The number of aromatic nitrogens is 1. The molecule has 0 spiro atoms. The van der Waals surface area contributed by atoms with Crippen molar-refractivity contribution in [2.45, 2.75) is 45.2 Å². The van der Waals surface area contributed by atoms with E-state index in [0.717, 1.165) is 12.6 Å². The van der Waals surface area contributed by atoms with E-state index in [1.54, 1.807) is 0 Å². The highest BCUT2D eigenvalue weighted by molar-refractivity contribution is 5.81. The van der Waals surface area contributed by atoms with Crippen LogP contribution in [0.3, 0.4) is 0 Å². The van der Waals surface area contributed by atoms with Crippen LogP contribution in [0.15, 0.2) is 36.5 Å². The molecule has 1 aromatic carbocycles. The molecule has 2 aromatic rings. The lowest BCUT2D eigenvalue weighted by Crippen LogP contribution is -2.38. The fourth-order valence-electron chi connectivity index (χ4n) is 3.24. The van der Waals surface area contributed by atoms with Gasteiger partial charge < -0.3 is 0 Å². The standard InChI is InChI=1S/C17H22N2/c1-2-16-10-3-4-12-19(16)13-15-8-5-7-14-9-6-11-18-17(14)15/h5-9,11,16H,2-4,10,12-13H2,1H3. The molecule has 1 atom stereocenters. The number of piperidine rings is 1. The highest BCUT2D eigenvalue weighted by Gasteiger charge is 2.21. The third-order valence-corrected chi connectivity index (χ3v) is 4.31. The van der Waals surface area contributed by atoms with Crippen LogP contribution < -0.4 is 0 Å². The van der Waals surface area contributed by atoms with Gasteiger partial charge in [0, 0.05) is 24.2 Å². The van der Waals surface area contributed by atoms with Crippen LogP contribution in [0.5, 0.6) is 0 Å². The summed E-state index contributed by atoms with van der Waals surface area (Å²) < 4.78 is 0. The lowest BCUT2D eigenvalue weighted by molar-refractivity contribution is 0.136. The first-order valence-corrected chi connectivity index (χ1v) is 7.45. The minimum atomic E-state index is 0.757. The summed E-state index contributed by atoms with van der Waals surface area (Å²) in [6.45, 7) is 4.60. The molecule has 1 aromatic heterocycles. The summed E-state index contributed by atoms with van der Waals surface area (Å²) in [5.41, 5.74) is 2.55. The van der Waals surface area contributed by atoms with Crippen LogP contribution in [-0.2, 0) is 6.54 Å². The van der Waals surface area contributed by atoms with E-state index in [9.17, 15) is 0 Å². The Labute approximate surface area is 115 Å². The number of nitrogens with zero attached hydrogens (tertiary/aromatic N) is 2. The molecular formula is C17H22N2. The largest absolute Gasteiger partial charge is 0.296 e. The molecular weight excluding hydrogens is 232 g/mol. The molecule has 0 aliphatic carbocycles. The highest BCUT2D eigenvalue weighted by Crippen LogP contribution is 2.24. The second kappa shape index (κ2) is 5.70. The van der Waals surface area contributed by atoms with E-state index >= 15 is 0 Å². The normalized spacial score (nSPS) is 20.8. The monoisotopic (exact) mass is 254 g/mol. The smallest absolute Gasteiger partial charge is 0.0746 e. The molecule has 1 aliphatic rings. The number of para-hydroxylation sites is 1. The predicted molar refractivity (Wildman–Crippen MR) is 80.1 cm³/mol.